The van der Waals surface area contributed by atoms with Gasteiger partial charge in [0.15, 0.2) is 0 Å². The molecule has 98 valence electrons. The second-order valence-corrected chi connectivity index (χ2v) is 6.58. The Morgan fingerprint density at radius 3 is 2.44 bits per heavy atom. The zero-order valence-electron chi connectivity index (χ0n) is 11.8. The van der Waals surface area contributed by atoms with Crippen LogP contribution >= 0.6 is 0 Å². The van der Waals surface area contributed by atoms with Gasteiger partial charge in [-0.25, -0.2) is 0 Å². The molecule has 0 saturated heterocycles. The average molecular weight is 244 g/mol. The molecule has 2 aliphatic rings. The third kappa shape index (κ3) is 1.50. The van der Waals surface area contributed by atoms with E-state index >= 15 is 0 Å². The maximum Gasteiger partial charge on any atom is 0.0882 e. The summed E-state index contributed by atoms with van der Waals surface area (Å²) in [5.41, 5.74) is 5.19. The van der Waals surface area contributed by atoms with E-state index in [4.69, 9.17) is 0 Å². The summed E-state index contributed by atoms with van der Waals surface area (Å²) in [4.78, 5) is 0. The van der Waals surface area contributed by atoms with Gasteiger partial charge < -0.3 is 5.11 Å². The molecule has 1 aromatic carbocycles. The first kappa shape index (κ1) is 12.2. The summed E-state index contributed by atoms with van der Waals surface area (Å²) < 4.78 is 0. The van der Waals surface area contributed by atoms with Gasteiger partial charge in [0.05, 0.1) is 5.60 Å². The molecular formula is C17H24O. The maximum atomic E-state index is 10.9. The minimum atomic E-state index is -0.616. The van der Waals surface area contributed by atoms with Crippen molar-refractivity contribution < 1.29 is 5.11 Å². The molecule has 2 aliphatic carbocycles. The molecule has 1 nitrogen and oxygen atoms in total. The predicted molar refractivity (Wildman–Crippen MR) is 74.9 cm³/mol. The van der Waals surface area contributed by atoms with Gasteiger partial charge in [0, 0.05) is 0 Å². The van der Waals surface area contributed by atoms with Crippen LogP contribution in [0.15, 0.2) is 12.1 Å². The summed E-state index contributed by atoms with van der Waals surface area (Å²) in [6.45, 7) is 6.41. The van der Waals surface area contributed by atoms with Crippen LogP contribution in [0.1, 0.15) is 68.2 Å². The van der Waals surface area contributed by atoms with Crippen molar-refractivity contribution >= 4 is 0 Å². The van der Waals surface area contributed by atoms with E-state index in [1.807, 2.05) is 6.92 Å². The van der Waals surface area contributed by atoms with Crippen molar-refractivity contribution in [2.45, 2.75) is 70.3 Å². The highest BCUT2D eigenvalue weighted by atomic mass is 16.3. The van der Waals surface area contributed by atoms with E-state index < -0.39 is 5.60 Å². The Hall–Kier alpha value is -0.820. The zero-order chi connectivity index (χ0) is 13.0. The van der Waals surface area contributed by atoms with E-state index in [-0.39, 0.29) is 5.41 Å². The van der Waals surface area contributed by atoms with E-state index in [1.54, 1.807) is 0 Å². The van der Waals surface area contributed by atoms with Gasteiger partial charge in [-0.2, -0.15) is 0 Å². The Morgan fingerprint density at radius 1 is 1.17 bits per heavy atom. The van der Waals surface area contributed by atoms with Crippen LogP contribution in [0.4, 0.5) is 0 Å². The first-order valence-corrected chi connectivity index (χ1v) is 7.36. The van der Waals surface area contributed by atoms with Crippen LogP contribution in [-0.4, -0.2) is 5.11 Å². The Balaban J connectivity index is 2.28. The fourth-order valence-electron chi connectivity index (χ4n) is 4.66. The molecule has 1 aromatic rings. The summed E-state index contributed by atoms with van der Waals surface area (Å²) in [7, 11) is 0. The fourth-order valence-corrected chi connectivity index (χ4v) is 4.66. The van der Waals surface area contributed by atoms with Gasteiger partial charge in [0.1, 0.15) is 0 Å². The SMILES string of the molecule is CCc1ccc(C)c2c1C1(CCCC1)CC2(C)O. The van der Waals surface area contributed by atoms with E-state index in [0.717, 1.165) is 12.8 Å². The predicted octanol–water partition coefficient (Wildman–Crippen LogP) is 3.98. The quantitative estimate of drug-likeness (QED) is 0.792. The first-order valence-electron chi connectivity index (χ1n) is 7.36. The van der Waals surface area contributed by atoms with Crippen molar-refractivity contribution in [3.8, 4) is 0 Å². The van der Waals surface area contributed by atoms with Gasteiger partial charge in [0.25, 0.3) is 0 Å². The third-order valence-electron chi connectivity index (χ3n) is 5.19. The highest BCUT2D eigenvalue weighted by molar-refractivity contribution is 5.53. The van der Waals surface area contributed by atoms with Crippen molar-refractivity contribution in [3.63, 3.8) is 0 Å². The molecule has 1 spiro atoms. The number of hydrogen-bond acceptors (Lipinski definition) is 1. The van der Waals surface area contributed by atoms with Crippen LogP contribution < -0.4 is 0 Å². The van der Waals surface area contributed by atoms with Crippen molar-refractivity contribution in [2.75, 3.05) is 0 Å². The molecule has 1 heteroatoms. The molecule has 0 heterocycles. The van der Waals surface area contributed by atoms with E-state index in [2.05, 4.69) is 26.0 Å². The molecule has 1 unspecified atom stereocenters. The van der Waals surface area contributed by atoms with Crippen LogP contribution in [0.2, 0.25) is 0 Å². The van der Waals surface area contributed by atoms with Gasteiger partial charge in [0.2, 0.25) is 0 Å². The van der Waals surface area contributed by atoms with Crippen LogP contribution in [-0.2, 0) is 17.4 Å². The number of aryl methyl sites for hydroxylation is 2. The second-order valence-electron chi connectivity index (χ2n) is 6.58. The zero-order valence-corrected chi connectivity index (χ0v) is 11.8. The Kier molecular flexibility index (Phi) is 2.60. The van der Waals surface area contributed by atoms with Gasteiger partial charge >= 0.3 is 0 Å². The van der Waals surface area contributed by atoms with E-state index in [0.29, 0.717) is 0 Å². The third-order valence-corrected chi connectivity index (χ3v) is 5.19. The van der Waals surface area contributed by atoms with E-state index in [1.165, 1.54) is 47.9 Å². The van der Waals surface area contributed by atoms with E-state index in [9.17, 15) is 5.11 Å². The van der Waals surface area contributed by atoms with Gasteiger partial charge in [-0.15, -0.1) is 0 Å². The van der Waals surface area contributed by atoms with Crippen molar-refractivity contribution in [3.05, 3.63) is 34.4 Å². The molecule has 0 aromatic heterocycles. The molecule has 1 N–H and O–H groups in total. The Bertz CT molecular complexity index is 479. The lowest BCUT2D eigenvalue weighted by Gasteiger charge is -2.27. The summed E-state index contributed by atoms with van der Waals surface area (Å²) in [5, 5.41) is 10.9. The topological polar surface area (TPSA) is 20.2 Å². The highest BCUT2D eigenvalue weighted by Crippen LogP contribution is 2.57. The first-order chi connectivity index (χ1) is 8.50. The number of aliphatic hydroxyl groups is 1. The van der Waals surface area contributed by atoms with Crippen molar-refractivity contribution in [2.24, 2.45) is 0 Å². The summed E-state index contributed by atoms with van der Waals surface area (Å²) in [5.74, 6) is 0. The van der Waals surface area contributed by atoms with Gasteiger partial charge in [-0.05, 0) is 67.2 Å². The van der Waals surface area contributed by atoms with Crippen LogP contribution in [0.25, 0.3) is 0 Å². The molecule has 0 bridgehead atoms. The summed E-state index contributed by atoms with van der Waals surface area (Å²) in [6, 6.07) is 4.48. The largest absolute Gasteiger partial charge is 0.385 e. The van der Waals surface area contributed by atoms with Crippen LogP contribution in [0.5, 0.6) is 0 Å². The molecule has 1 saturated carbocycles. The lowest BCUT2D eigenvalue weighted by molar-refractivity contribution is 0.0412. The van der Waals surface area contributed by atoms with Crippen molar-refractivity contribution in [1.82, 2.24) is 0 Å². The van der Waals surface area contributed by atoms with Gasteiger partial charge in [-0.1, -0.05) is 31.9 Å². The van der Waals surface area contributed by atoms with Crippen LogP contribution in [0, 0.1) is 6.92 Å². The summed E-state index contributed by atoms with van der Waals surface area (Å²) in [6.07, 6.45) is 7.21. The molecule has 1 fully saturated rings. The Labute approximate surface area is 110 Å². The molecule has 1 atom stereocenters. The minimum Gasteiger partial charge on any atom is -0.385 e. The molecule has 3 rings (SSSR count). The molecule has 0 radical (unpaired) electrons. The number of hydrogen-bond donors (Lipinski definition) is 1. The smallest absolute Gasteiger partial charge is 0.0882 e. The standard InChI is InChI=1S/C17H24O/c1-4-13-8-7-12(2)14-15(13)17(9-5-6-10-17)11-16(14,3)18/h7-8,18H,4-6,9-11H2,1-3H3. The maximum absolute atomic E-state index is 10.9. The average Bonchev–Trinajstić information content (AvgIpc) is 2.85. The van der Waals surface area contributed by atoms with Crippen molar-refractivity contribution in [1.29, 1.82) is 0 Å². The molecule has 0 amide bonds. The number of benzene rings is 1. The molecular weight excluding hydrogens is 220 g/mol. The molecule has 18 heavy (non-hydrogen) atoms. The lowest BCUT2D eigenvalue weighted by Crippen LogP contribution is -2.24. The normalized spacial score (nSPS) is 28.9. The Morgan fingerprint density at radius 2 is 1.83 bits per heavy atom. The fraction of sp³-hybridized carbons (Fsp3) is 0.647. The summed E-state index contributed by atoms with van der Waals surface area (Å²) >= 11 is 0. The number of rotatable bonds is 1. The monoisotopic (exact) mass is 244 g/mol. The number of fused-ring (bicyclic) bond motifs is 2. The highest BCUT2D eigenvalue weighted by Gasteiger charge is 2.51. The van der Waals surface area contributed by atoms with Gasteiger partial charge in [-0.3, -0.25) is 0 Å². The van der Waals surface area contributed by atoms with Crippen LogP contribution in [0.3, 0.4) is 0 Å². The second kappa shape index (κ2) is 3.84. The lowest BCUT2D eigenvalue weighted by atomic mass is 9.77. The molecule has 0 aliphatic heterocycles. The minimum absolute atomic E-state index is 0.288.